The van der Waals surface area contributed by atoms with E-state index in [9.17, 15) is 8.96 Å². The van der Waals surface area contributed by atoms with Crippen molar-refractivity contribution >= 4 is 37.6 Å². The predicted molar refractivity (Wildman–Crippen MR) is 95.1 cm³/mol. The highest BCUT2D eigenvalue weighted by Crippen LogP contribution is 2.42. The van der Waals surface area contributed by atoms with Crippen molar-refractivity contribution in [1.29, 1.82) is 0 Å². The number of benzene rings is 3. The first-order valence-electron chi connectivity index (χ1n) is 6.90. The average Bonchev–Trinajstić information content (AvgIpc) is 2.58. The molecule has 4 heteroatoms. The summed E-state index contributed by atoms with van der Waals surface area (Å²) in [6, 6.07) is 23.2. The fourth-order valence-electron chi connectivity index (χ4n) is 2.48. The lowest BCUT2D eigenvalue weighted by Crippen LogP contribution is -2.29. The van der Waals surface area contributed by atoms with Crippen LogP contribution in [0.1, 0.15) is 0 Å². The lowest BCUT2D eigenvalue weighted by atomic mass is 10.3. The van der Waals surface area contributed by atoms with E-state index in [0.717, 1.165) is 0 Å². The molecule has 0 saturated carbocycles. The molecule has 0 radical (unpaired) electrons. The van der Waals surface area contributed by atoms with Crippen LogP contribution >= 0.6 is 16.4 Å². The molecule has 0 aromatic heterocycles. The van der Waals surface area contributed by atoms with Crippen LogP contribution in [0.2, 0.25) is 0 Å². The molecule has 0 bridgehead atoms. The molecule has 0 amide bonds. The summed E-state index contributed by atoms with van der Waals surface area (Å²) >= 11 is 0. The molecule has 22 heavy (non-hydrogen) atoms. The summed E-state index contributed by atoms with van der Waals surface area (Å²) in [5.41, 5.74) is 0. The molecule has 0 aliphatic rings. The van der Waals surface area contributed by atoms with Crippen LogP contribution in [0, 0.1) is 5.82 Å². The monoisotopic (exact) mass is 328 g/mol. The molecular formula is C18H15FOP2. The third-order valence-corrected chi connectivity index (χ3v) is 7.11. The summed E-state index contributed by atoms with van der Waals surface area (Å²) in [5, 5.41) is 1.94. The topological polar surface area (TPSA) is 17.1 Å². The molecule has 3 aromatic rings. The van der Waals surface area contributed by atoms with Gasteiger partial charge in [0.15, 0.2) is 7.14 Å². The Bertz CT molecular complexity index is 789. The molecule has 0 N–H and O–H groups in total. The Morgan fingerprint density at radius 2 is 1.23 bits per heavy atom. The number of hydrogen-bond donors (Lipinski definition) is 0. The van der Waals surface area contributed by atoms with Crippen LogP contribution in [0.25, 0.3) is 0 Å². The molecule has 0 heterocycles. The van der Waals surface area contributed by atoms with Crippen LogP contribution in [-0.4, -0.2) is 0 Å². The van der Waals surface area contributed by atoms with Crippen LogP contribution in [-0.2, 0) is 4.57 Å². The van der Waals surface area contributed by atoms with Gasteiger partial charge in [-0.2, -0.15) is 0 Å². The van der Waals surface area contributed by atoms with E-state index in [1.165, 1.54) is 0 Å². The second-order valence-corrected chi connectivity index (χ2v) is 8.32. The van der Waals surface area contributed by atoms with Gasteiger partial charge < -0.3 is 4.57 Å². The zero-order valence-electron chi connectivity index (χ0n) is 11.8. The van der Waals surface area contributed by atoms with E-state index < -0.39 is 13.0 Å². The summed E-state index contributed by atoms with van der Waals surface area (Å²) in [6.07, 6.45) is 0. The minimum atomic E-state index is -3.23. The molecule has 0 saturated heterocycles. The van der Waals surface area contributed by atoms with Crippen LogP contribution in [0.3, 0.4) is 0 Å². The van der Waals surface area contributed by atoms with E-state index >= 15 is 0 Å². The van der Waals surface area contributed by atoms with Crippen LogP contribution < -0.4 is 21.2 Å². The third-order valence-electron chi connectivity index (χ3n) is 3.59. The highest BCUT2D eigenvalue weighted by atomic mass is 31.2. The fourth-order valence-corrected chi connectivity index (χ4v) is 5.61. The minimum Gasteiger partial charge on any atom is -0.309 e. The van der Waals surface area contributed by atoms with E-state index in [4.69, 9.17) is 0 Å². The van der Waals surface area contributed by atoms with E-state index in [1.54, 1.807) is 42.5 Å². The van der Waals surface area contributed by atoms with Gasteiger partial charge in [-0.15, -0.1) is 9.24 Å². The van der Waals surface area contributed by atoms with Crippen LogP contribution in [0.5, 0.6) is 0 Å². The zero-order valence-corrected chi connectivity index (χ0v) is 13.9. The standard InChI is InChI=1S/C18H15FOP2/c19-18-16(21)12-7-13-17(18)22(20,14-8-3-1-4-9-14)15-10-5-2-6-11-15/h1-13H,21H2. The summed E-state index contributed by atoms with van der Waals surface area (Å²) in [6.45, 7) is 0. The van der Waals surface area contributed by atoms with E-state index in [1.807, 2.05) is 36.4 Å². The SMILES string of the molecule is O=P(c1ccccc1)(c1ccccc1)c1cccc(P)c1F. The summed E-state index contributed by atoms with van der Waals surface area (Å²) in [5.74, 6) is -0.427. The maximum atomic E-state index is 14.7. The normalized spacial score (nSPS) is 11.4. The number of halogens is 1. The Balaban J connectivity index is 2.34. The molecule has 0 fully saturated rings. The largest absolute Gasteiger partial charge is 0.309 e. The Hall–Kier alpha value is -1.75. The molecule has 0 spiro atoms. The van der Waals surface area contributed by atoms with Gasteiger partial charge in [-0.05, 0) is 6.07 Å². The van der Waals surface area contributed by atoms with Crippen molar-refractivity contribution in [3.8, 4) is 0 Å². The van der Waals surface area contributed by atoms with Gasteiger partial charge in [0, 0.05) is 15.9 Å². The van der Waals surface area contributed by atoms with Crippen LogP contribution in [0.15, 0.2) is 78.9 Å². The second-order valence-electron chi connectivity index (χ2n) is 4.96. The Labute approximate surface area is 131 Å². The van der Waals surface area contributed by atoms with Gasteiger partial charge in [0.05, 0.1) is 5.30 Å². The number of rotatable bonds is 3. The quantitative estimate of drug-likeness (QED) is 0.676. The summed E-state index contributed by atoms with van der Waals surface area (Å²) < 4.78 is 28.6. The zero-order chi connectivity index (χ0) is 15.6. The van der Waals surface area contributed by atoms with Gasteiger partial charge in [-0.3, -0.25) is 0 Å². The Morgan fingerprint density at radius 1 is 0.727 bits per heavy atom. The molecule has 1 unspecified atom stereocenters. The highest BCUT2D eigenvalue weighted by Gasteiger charge is 2.32. The molecule has 110 valence electrons. The van der Waals surface area contributed by atoms with Gasteiger partial charge >= 0.3 is 0 Å². The lowest BCUT2D eigenvalue weighted by molar-refractivity contribution is 0.589. The van der Waals surface area contributed by atoms with Gasteiger partial charge in [-0.1, -0.05) is 72.8 Å². The maximum Gasteiger partial charge on any atom is 0.173 e. The van der Waals surface area contributed by atoms with Crippen molar-refractivity contribution in [2.24, 2.45) is 0 Å². The molecule has 1 nitrogen and oxygen atoms in total. The minimum absolute atomic E-state index is 0.248. The molecular weight excluding hydrogens is 313 g/mol. The highest BCUT2D eigenvalue weighted by molar-refractivity contribution is 7.85. The third kappa shape index (κ3) is 2.54. The van der Waals surface area contributed by atoms with Gasteiger partial charge in [0.2, 0.25) is 0 Å². The number of hydrogen-bond acceptors (Lipinski definition) is 1. The van der Waals surface area contributed by atoms with E-state index in [0.29, 0.717) is 15.9 Å². The molecule has 3 rings (SSSR count). The van der Waals surface area contributed by atoms with Crippen molar-refractivity contribution in [2.45, 2.75) is 0 Å². The van der Waals surface area contributed by atoms with Crippen LogP contribution in [0.4, 0.5) is 4.39 Å². The average molecular weight is 328 g/mol. The molecule has 0 aliphatic heterocycles. The van der Waals surface area contributed by atoms with Gasteiger partial charge in [0.25, 0.3) is 0 Å². The first kappa shape index (κ1) is 15.2. The van der Waals surface area contributed by atoms with Gasteiger partial charge in [0.1, 0.15) is 5.82 Å². The Morgan fingerprint density at radius 3 is 1.73 bits per heavy atom. The summed E-state index contributed by atoms with van der Waals surface area (Å²) in [4.78, 5) is 0. The van der Waals surface area contributed by atoms with Gasteiger partial charge in [-0.25, -0.2) is 4.39 Å². The van der Waals surface area contributed by atoms with E-state index in [-0.39, 0.29) is 5.30 Å². The van der Waals surface area contributed by atoms with Crippen molar-refractivity contribution in [3.63, 3.8) is 0 Å². The Kier molecular flexibility index (Phi) is 4.25. The lowest BCUT2D eigenvalue weighted by Gasteiger charge is -2.21. The maximum absolute atomic E-state index is 14.7. The van der Waals surface area contributed by atoms with E-state index in [2.05, 4.69) is 9.24 Å². The fraction of sp³-hybridized carbons (Fsp3) is 0. The molecule has 3 aromatic carbocycles. The summed E-state index contributed by atoms with van der Waals surface area (Å²) in [7, 11) is -0.872. The first-order chi connectivity index (χ1) is 10.6. The van der Waals surface area contributed by atoms with Crippen molar-refractivity contribution in [1.82, 2.24) is 0 Å². The van der Waals surface area contributed by atoms with Crippen molar-refractivity contribution in [3.05, 3.63) is 84.7 Å². The second kappa shape index (κ2) is 6.16. The first-order valence-corrected chi connectivity index (χ1v) is 9.18. The van der Waals surface area contributed by atoms with Crippen molar-refractivity contribution < 1.29 is 8.96 Å². The molecule has 1 atom stereocenters. The van der Waals surface area contributed by atoms with Crippen molar-refractivity contribution in [2.75, 3.05) is 0 Å². The smallest absolute Gasteiger partial charge is 0.173 e. The predicted octanol–water partition coefficient (Wildman–Crippen LogP) is 2.97. The molecule has 0 aliphatic carbocycles.